The first-order valence-electron chi connectivity index (χ1n) is 4.42. The summed E-state index contributed by atoms with van der Waals surface area (Å²) in [7, 11) is 1.76. The first kappa shape index (κ1) is 9.49. The van der Waals surface area contributed by atoms with E-state index in [1.165, 1.54) is 0 Å². The third kappa shape index (κ3) is 1.21. The van der Waals surface area contributed by atoms with Gasteiger partial charge in [-0.25, -0.2) is 0 Å². The molecule has 0 radical (unpaired) electrons. The van der Waals surface area contributed by atoms with Crippen molar-refractivity contribution >= 4 is 17.5 Å². The van der Waals surface area contributed by atoms with Crippen LogP contribution in [0.5, 0.6) is 0 Å². The van der Waals surface area contributed by atoms with E-state index in [4.69, 9.17) is 17.3 Å². The van der Waals surface area contributed by atoms with E-state index in [1.54, 1.807) is 24.1 Å². The molecule has 1 unspecified atom stereocenters. The molecule has 1 aliphatic rings. The van der Waals surface area contributed by atoms with Gasteiger partial charge in [0.1, 0.15) is 0 Å². The summed E-state index contributed by atoms with van der Waals surface area (Å²) < 4.78 is 0. The first-order valence-corrected chi connectivity index (χ1v) is 4.79. The Bertz CT molecular complexity index is 392. The van der Waals surface area contributed by atoms with E-state index in [2.05, 4.69) is 0 Å². The van der Waals surface area contributed by atoms with Gasteiger partial charge < -0.3 is 10.6 Å². The summed E-state index contributed by atoms with van der Waals surface area (Å²) in [6, 6.07) is 5.27. The number of likely N-dealkylation sites (N-methyl/N-ethyl adjacent to an activating group) is 1. The molecule has 2 N–H and O–H groups in total. The van der Waals surface area contributed by atoms with Crippen molar-refractivity contribution < 1.29 is 4.79 Å². The van der Waals surface area contributed by atoms with Crippen LogP contribution in [0.1, 0.15) is 22.0 Å². The van der Waals surface area contributed by atoms with Crippen LogP contribution in [0.25, 0.3) is 0 Å². The normalized spacial score (nSPS) is 20.1. The molecule has 0 aliphatic carbocycles. The lowest BCUT2D eigenvalue weighted by atomic mass is 10.1. The zero-order chi connectivity index (χ0) is 10.3. The maximum Gasteiger partial charge on any atom is 0.254 e. The average molecular weight is 211 g/mol. The number of hydrogen-bond donors (Lipinski definition) is 1. The minimum Gasteiger partial charge on any atom is -0.333 e. The molecule has 0 aromatic heterocycles. The second-order valence-electron chi connectivity index (χ2n) is 3.40. The number of nitrogens with two attached hydrogens (primary N) is 1. The number of carbonyl (C=O) groups is 1. The number of amides is 1. The molecule has 1 heterocycles. The number of halogens is 1. The Labute approximate surface area is 87.4 Å². The molecule has 1 aliphatic heterocycles. The summed E-state index contributed by atoms with van der Waals surface area (Å²) in [6.45, 7) is 0.426. The van der Waals surface area contributed by atoms with Crippen LogP contribution in [0.3, 0.4) is 0 Å². The van der Waals surface area contributed by atoms with Gasteiger partial charge in [-0.05, 0) is 23.8 Å². The van der Waals surface area contributed by atoms with Crippen LogP contribution in [0.4, 0.5) is 0 Å². The SMILES string of the molecule is CN1C(=O)c2ccc(Cl)cc2C1CN. The van der Waals surface area contributed by atoms with E-state index in [0.29, 0.717) is 17.1 Å². The molecule has 3 nitrogen and oxygen atoms in total. The fourth-order valence-corrected chi connectivity index (χ4v) is 2.01. The maximum absolute atomic E-state index is 11.7. The highest BCUT2D eigenvalue weighted by atomic mass is 35.5. The van der Waals surface area contributed by atoms with Gasteiger partial charge in [0, 0.05) is 24.2 Å². The summed E-state index contributed by atoms with van der Waals surface area (Å²) in [5.41, 5.74) is 7.27. The van der Waals surface area contributed by atoms with Crippen molar-refractivity contribution in [2.45, 2.75) is 6.04 Å². The van der Waals surface area contributed by atoms with E-state index >= 15 is 0 Å². The maximum atomic E-state index is 11.7. The molecule has 0 bridgehead atoms. The van der Waals surface area contributed by atoms with Gasteiger partial charge in [0.05, 0.1) is 6.04 Å². The van der Waals surface area contributed by atoms with Crippen molar-refractivity contribution in [1.29, 1.82) is 0 Å². The second kappa shape index (κ2) is 3.26. The topological polar surface area (TPSA) is 46.3 Å². The number of nitrogens with zero attached hydrogens (tertiary/aromatic N) is 1. The molecule has 0 spiro atoms. The lowest BCUT2D eigenvalue weighted by Gasteiger charge is -2.18. The molecule has 74 valence electrons. The van der Waals surface area contributed by atoms with Crippen LogP contribution in [0, 0.1) is 0 Å². The Balaban J connectivity index is 2.56. The molecular weight excluding hydrogens is 200 g/mol. The van der Waals surface area contributed by atoms with Crippen LogP contribution >= 0.6 is 11.6 Å². The molecule has 0 fully saturated rings. The summed E-state index contributed by atoms with van der Waals surface area (Å²) in [6.07, 6.45) is 0. The lowest BCUT2D eigenvalue weighted by molar-refractivity contribution is 0.0778. The minimum atomic E-state index is -0.0313. The summed E-state index contributed by atoms with van der Waals surface area (Å²) in [4.78, 5) is 13.4. The molecule has 0 saturated carbocycles. The predicted molar refractivity (Wildman–Crippen MR) is 55.3 cm³/mol. The number of benzene rings is 1. The molecule has 1 amide bonds. The smallest absolute Gasteiger partial charge is 0.254 e. The Hall–Kier alpha value is -1.06. The minimum absolute atomic E-state index is 0.0205. The molecule has 2 rings (SSSR count). The van der Waals surface area contributed by atoms with Gasteiger partial charge in [-0.1, -0.05) is 11.6 Å². The number of fused-ring (bicyclic) bond motifs is 1. The van der Waals surface area contributed by atoms with E-state index in [0.717, 1.165) is 5.56 Å². The van der Waals surface area contributed by atoms with Crippen molar-refractivity contribution in [1.82, 2.24) is 4.90 Å². The first-order chi connectivity index (χ1) is 6.65. The molecule has 14 heavy (non-hydrogen) atoms. The van der Waals surface area contributed by atoms with Gasteiger partial charge in [-0.3, -0.25) is 4.79 Å². The molecular formula is C10H11ClN2O. The van der Waals surface area contributed by atoms with Gasteiger partial charge in [0.2, 0.25) is 0 Å². The van der Waals surface area contributed by atoms with Crippen molar-refractivity contribution in [2.24, 2.45) is 5.73 Å². The van der Waals surface area contributed by atoms with E-state index in [-0.39, 0.29) is 11.9 Å². The summed E-state index contributed by atoms with van der Waals surface area (Å²) in [5.74, 6) is 0.0205. The molecule has 1 atom stereocenters. The fraction of sp³-hybridized carbons (Fsp3) is 0.300. The van der Waals surface area contributed by atoms with Gasteiger partial charge >= 0.3 is 0 Å². The highest BCUT2D eigenvalue weighted by Gasteiger charge is 2.32. The van der Waals surface area contributed by atoms with E-state index < -0.39 is 0 Å². The summed E-state index contributed by atoms with van der Waals surface area (Å²) in [5, 5.41) is 0.644. The van der Waals surface area contributed by atoms with Gasteiger partial charge in [0.15, 0.2) is 0 Å². The highest BCUT2D eigenvalue weighted by Crippen LogP contribution is 2.33. The molecule has 0 saturated heterocycles. The molecule has 1 aromatic carbocycles. The van der Waals surface area contributed by atoms with Crippen LogP contribution in [-0.4, -0.2) is 24.4 Å². The monoisotopic (exact) mass is 210 g/mol. The van der Waals surface area contributed by atoms with Crippen LogP contribution in [0.2, 0.25) is 5.02 Å². The second-order valence-corrected chi connectivity index (χ2v) is 3.84. The quantitative estimate of drug-likeness (QED) is 0.762. The summed E-state index contributed by atoms with van der Waals surface area (Å²) >= 11 is 5.87. The van der Waals surface area contributed by atoms with Crippen molar-refractivity contribution in [3.8, 4) is 0 Å². The standard InChI is InChI=1S/C10H11ClN2O/c1-13-9(5-12)8-4-6(11)2-3-7(8)10(13)14/h2-4,9H,5,12H2,1H3. The highest BCUT2D eigenvalue weighted by molar-refractivity contribution is 6.30. The lowest BCUT2D eigenvalue weighted by Crippen LogP contribution is -2.28. The van der Waals surface area contributed by atoms with Crippen molar-refractivity contribution in [3.63, 3.8) is 0 Å². The van der Waals surface area contributed by atoms with Crippen molar-refractivity contribution in [2.75, 3.05) is 13.6 Å². The zero-order valence-electron chi connectivity index (χ0n) is 7.83. The Morgan fingerprint density at radius 2 is 2.29 bits per heavy atom. The van der Waals surface area contributed by atoms with Crippen LogP contribution in [0.15, 0.2) is 18.2 Å². The third-order valence-corrected chi connectivity index (χ3v) is 2.85. The Morgan fingerprint density at radius 1 is 1.57 bits per heavy atom. The number of carbonyl (C=O) groups excluding carboxylic acids is 1. The molecule has 4 heteroatoms. The molecule has 1 aromatic rings. The van der Waals surface area contributed by atoms with Crippen LogP contribution in [-0.2, 0) is 0 Å². The fourth-order valence-electron chi connectivity index (χ4n) is 1.83. The van der Waals surface area contributed by atoms with E-state index in [9.17, 15) is 4.79 Å². The average Bonchev–Trinajstić information content (AvgIpc) is 2.39. The van der Waals surface area contributed by atoms with Crippen molar-refractivity contribution in [3.05, 3.63) is 34.3 Å². The third-order valence-electron chi connectivity index (χ3n) is 2.61. The predicted octanol–water partition coefficient (Wildman–Crippen LogP) is 1.43. The van der Waals surface area contributed by atoms with Gasteiger partial charge in [0.25, 0.3) is 5.91 Å². The van der Waals surface area contributed by atoms with Gasteiger partial charge in [-0.15, -0.1) is 0 Å². The Morgan fingerprint density at radius 3 is 2.93 bits per heavy atom. The zero-order valence-corrected chi connectivity index (χ0v) is 8.58. The largest absolute Gasteiger partial charge is 0.333 e. The van der Waals surface area contributed by atoms with Crippen LogP contribution < -0.4 is 5.73 Å². The Kier molecular flexibility index (Phi) is 2.21. The van der Waals surface area contributed by atoms with Gasteiger partial charge in [-0.2, -0.15) is 0 Å². The number of hydrogen-bond acceptors (Lipinski definition) is 2. The number of rotatable bonds is 1. The van der Waals surface area contributed by atoms with E-state index in [1.807, 2.05) is 6.07 Å².